The van der Waals surface area contributed by atoms with Gasteiger partial charge >= 0.3 is 12.2 Å². The molecule has 0 rings (SSSR count). The number of amides is 2. The standard InChI is InChI=1S/C9H17N3O4S2/c1-6-15-8(13)11(3)18-12(4)9(14)16-10-7(2)17-5/h6H2,1-5H3/b10-7-. The Morgan fingerprint density at radius 3 is 2.28 bits per heavy atom. The van der Waals surface area contributed by atoms with Gasteiger partial charge in [0.25, 0.3) is 0 Å². The maximum absolute atomic E-state index is 11.5. The summed E-state index contributed by atoms with van der Waals surface area (Å²) in [4.78, 5) is 27.4. The molecule has 2 amide bonds. The molecule has 0 bridgehead atoms. The molecule has 0 saturated heterocycles. The first-order valence-corrected chi connectivity index (χ1v) is 6.99. The maximum Gasteiger partial charge on any atom is 0.447 e. The van der Waals surface area contributed by atoms with E-state index in [1.807, 2.05) is 6.26 Å². The summed E-state index contributed by atoms with van der Waals surface area (Å²) in [5.41, 5.74) is 0. The number of carbonyl (C=O) groups is 2. The Morgan fingerprint density at radius 2 is 1.78 bits per heavy atom. The van der Waals surface area contributed by atoms with Crippen LogP contribution in [0.5, 0.6) is 0 Å². The van der Waals surface area contributed by atoms with Crippen LogP contribution in [0.1, 0.15) is 13.8 Å². The fraction of sp³-hybridized carbons (Fsp3) is 0.667. The van der Waals surface area contributed by atoms with Gasteiger partial charge in [-0.2, -0.15) is 0 Å². The van der Waals surface area contributed by atoms with Gasteiger partial charge in [0.1, 0.15) is 5.04 Å². The topological polar surface area (TPSA) is 71.4 Å². The molecule has 0 unspecified atom stereocenters. The number of hydrogen-bond donors (Lipinski definition) is 0. The summed E-state index contributed by atoms with van der Waals surface area (Å²) in [6.07, 6.45) is 0.607. The van der Waals surface area contributed by atoms with Gasteiger partial charge in [0.05, 0.1) is 18.7 Å². The second-order valence-electron chi connectivity index (χ2n) is 2.95. The molecule has 0 heterocycles. The normalized spacial score (nSPS) is 10.8. The third-order valence-electron chi connectivity index (χ3n) is 1.57. The van der Waals surface area contributed by atoms with E-state index in [0.29, 0.717) is 5.04 Å². The fourth-order valence-electron chi connectivity index (χ4n) is 0.663. The highest BCUT2D eigenvalue weighted by molar-refractivity contribution is 8.13. The van der Waals surface area contributed by atoms with Crippen LogP contribution in [0.2, 0.25) is 0 Å². The van der Waals surface area contributed by atoms with Gasteiger partial charge < -0.3 is 4.74 Å². The molecule has 9 heteroatoms. The predicted octanol–water partition coefficient (Wildman–Crippen LogP) is 2.40. The Bertz CT molecular complexity index is 325. The van der Waals surface area contributed by atoms with Crippen molar-refractivity contribution in [1.82, 2.24) is 8.61 Å². The monoisotopic (exact) mass is 295 g/mol. The van der Waals surface area contributed by atoms with E-state index in [2.05, 4.69) is 9.99 Å². The minimum atomic E-state index is -0.676. The predicted molar refractivity (Wildman–Crippen MR) is 73.2 cm³/mol. The molecule has 0 aliphatic heterocycles. The molecule has 0 aromatic carbocycles. The van der Waals surface area contributed by atoms with Crippen molar-refractivity contribution < 1.29 is 19.2 Å². The van der Waals surface area contributed by atoms with Crippen LogP contribution in [0.4, 0.5) is 9.59 Å². The maximum atomic E-state index is 11.5. The third kappa shape index (κ3) is 6.60. The highest BCUT2D eigenvalue weighted by atomic mass is 32.2. The Morgan fingerprint density at radius 1 is 1.22 bits per heavy atom. The van der Waals surface area contributed by atoms with Crippen molar-refractivity contribution in [3.05, 3.63) is 0 Å². The Hall–Kier alpha value is -1.09. The van der Waals surface area contributed by atoms with E-state index < -0.39 is 12.2 Å². The minimum Gasteiger partial charge on any atom is -0.449 e. The summed E-state index contributed by atoms with van der Waals surface area (Å²) < 4.78 is 7.07. The van der Waals surface area contributed by atoms with Gasteiger partial charge in [-0.3, -0.25) is 4.84 Å². The molecule has 0 N–H and O–H groups in total. The van der Waals surface area contributed by atoms with Gasteiger partial charge in [0.2, 0.25) is 0 Å². The lowest BCUT2D eigenvalue weighted by Gasteiger charge is -2.20. The van der Waals surface area contributed by atoms with Gasteiger partial charge in [-0.1, -0.05) is 5.16 Å². The minimum absolute atomic E-state index is 0.273. The van der Waals surface area contributed by atoms with Gasteiger partial charge in [-0.05, 0) is 20.1 Å². The number of carbonyl (C=O) groups excluding carboxylic acids is 2. The summed E-state index contributed by atoms with van der Waals surface area (Å²) in [5.74, 6) is 0. The van der Waals surface area contributed by atoms with E-state index >= 15 is 0 Å². The van der Waals surface area contributed by atoms with Crippen LogP contribution in [0.15, 0.2) is 5.16 Å². The number of oxime groups is 1. The lowest BCUT2D eigenvalue weighted by atomic mass is 10.9. The number of ether oxygens (including phenoxy) is 1. The van der Waals surface area contributed by atoms with Crippen molar-refractivity contribution in [2.24, 2.45) is 5.16 Å². The molecule has 18 heavy (non-hydrogen) atoms. The second kappa shape index (κ2) is 8.92. The Kier molecular flexibility index (Phi) is 8.38. The van der Waals surface area contributed by atoms with E-state index in [1.54, 1.807) is 13.8 Å². The summed E-state index contributed by atoms with van der Waals surface area (Å²) in [6, 6.07) is 0. The molecular weight excluding hydrogens is 278 g/mol. The molecule has 0 aliphatic carbocycles. The zero-order valence-electron chi connectivity index (χ0n) is 11.0. The van der Waals surface area contributed by atoms with Crippen molar-refractivity contribution in [3.8, 4) is 0 Å². The molecular formula is C9H17N3O4S2. The Labute approximate surface area is 115 Å². The molecule has 104 valence electrons. The van der Waals surface area contributed by atoms with Crippen LogP contribution in [-0.2, 0) is 9.57 Å². The van der Waals surface area contributed by atoms with Crippen LogP contribution >= 0.6 is 23.9 Å². The summed E-state index contributed by atoms with van der Waals surface area (Å²) in [6.45, 7) is 3.69. The third-order valence-corrected chi connectivity index (χ3v) is 3.03. The molecule has 0 fully saturated rings. The van der Waals surface area contributed by atoms with Gasteiger partial charge in [0.15, 0.2) is 0 Å². The fourth-order valence-corrected chi connectivity index (χ4v) is 1.36. The number of thioether (sulfide) groups is 1. The highest BCUT2D eigenvalue weighted by Gasteiger charge is 2.18. The van der Waals surface area contributed by atoms with E-state index in [0.717, 1.165) is 16.4 Å². The van der Waals surface area contributed by atoms with Crippen LogP contribution in [0.25, 0.3) is 0 Å². The first kappa shape index (κ1) is 16.9. The van der Waals surface area contributed by atoms with Gasteiger partial charge in [-0.25, -0.2) is 18.2 Å². The van der Waals surface area contributed by atoms with Crippen molar-refractivity contribution in [1.29, 1.82) is 0 Å². The molecule has 0 aromatic rings. The SMILES string of the molecule is CCOC(=O)N(C)SN(C)C(=O)O/N=C(/C)SC. The summed E-state index contributed by atoms with van der Waals surface area (Å²) >= 11 is 2.22. The molecule has 0 aliphatic rings. The average Bonchev–Trinajstić information content (AvgIpc) is 2.35. The van der Waals surface area contributed by atoms with Crippen molar-refractivity contribution >= 4 is 41.1 Å². The van der Waals surface area contributed by atoms with Crippen molar-refractivity contribution in [2.75, 3.05) is 27.0 Å². The molecule has 0 spiro atoms. The summed E-state index contributed by atoms with van der Waals surface area (Å²) in [5, 5.41) is 4.22. The van der Waals surface area contributed by atoms with Crippen LogP contribution in [0, 0.1) is 0 Å². The highest BCUT2D eigenvalue weighted by Crippen LogP contribution is 2.14. The van der Waals surface area contributed by atoms with Crippen molar-refractivity contribution in [2.45, 2.75) is 13.8 Å². The van der Waals surface area contributed by atoms with E-state index in [4.69, 9.17) is 4.74 Å². The molecule has 0 saturated carbocycles. The molecule has 7 nitrogen and oxygen atoms in total. The van der Waals surface area contributed by atoms with Gasteiger partial charge in [0, 0.05) is 14.1 Å². The van der Waals surface area contributed by atoms with Crippen LogP contribution in [-0.4, -0.2) is 52.8 Å². The Balaban J connectivity index is 4.19. The van der Waals surface area contributed by atoms with Crippen molar-refractivity contribution in [3.63, 3.8) is 0 Å². The molecule has 0 aromatic heterocycles. The largest absolute Gasteiger partial charge is 0.449 e. The molecule has 0 atom stereocenters. The van der Waals surface area contributed by atoms with E-state index in [9.17, 15) is 9.59 Å². The van der Waals surface area contributed by atoms with Crippen LogP contribution in [0.3, 0.4) is 0 Å². The second-order valence-corrected chi connectivity index (χ2v) is 5.20. The first-order valence-electron chi connectivity index (χ1n) is 5.04. The van der Waals surface area contributed by atoms with Crippen LogP contribution < -0.4 is 0 Å². The quantitative estimate of drug-likeness (QED) is 0.261. The molecule has 0 radical (unpaired) electrons. The smallest absolute Gasteiger partial charge is 0.447 e. The number of nitrogens with zero attached hydrogens (tertiary/aromatic N) is 3. The van der Waals surface area contributed by atoms with Gasteiger partial charge in [-0.15, -0.1) is 11.8 Å². The first-order chi connectivity index (χ1) is 8.42. The lowest BCUT2D eigenvalue weighted by molar-refractivity contribution is 0.132. The number of hydrogen-bond acceptors (Lipinski definition) is 7. The summed E-state index contributed by atoms with van der Waals surface area (Å²) in [7, 11) is 2.95. The number of rotatable bonds is 4. The zero-order valence-corrected chi connectivity index (χ0v) is 12.6. The van der Waals surface area contributed by atoms with E-state index in [1.165, 1.54) is 30.2 Å². The van der Waals surface area contributed by atoms with E-state index in [-0.39, 0.29) is 6.61 Å². The lowest BCUT2D eigenvalue weighted by Crippen LogP contribution is -2.29. The average molecular weight is 295 g/mol. The zero-order chi connectivity index (χ0) is 14.1.